The lowest BCUT2D eigenvalue weighted by Gasteiger charge is -2.05. The molecule has 0 unspecified atom stereocenters. The highest BCUT2D eigenvalue weighted by Gasteiger charge is 2.13. The minimum Gasteiger partial charge on any atom is -0.451 e. The number of benzene rings is 2. The molecule has 0 atom stereocenters. The second kappa shape index (κ2) is 5.13. The molecule has 0 saturated carbocycles. The number of aryl methyl sites for hydroxylation is 1. The van der Waals surface area contributed by atoms with Gasteiger partial charge in [0.15, 0.2) is 5.76 Å². The van der Waals surface area contributed by atoms with E-state index in [1.54, 1.807) is 6.07 Å². The number of carbonyl (C=O) groups excluding carboxylic acids is 1. The number of amides is 1. The summed E-state index contributed by atoms with van der Waals surface area (Å²) in [6, 6.07) is 15.0. The van der Waals surface area contributed by atoms with Crippen LogP contribution in [0.2, 0.25) is 0 Å². The Kier molecular flexibility index (Phi) is 3.32. The van der Waals surface area contributed by atoms with Crippen LogP contribution in [0, 0.1) is 6.92 Å². The number of nitrogens with one attached hydrogen (secondary N) is 1. The summed E-state index contributed by atoms with van der Waals surface area (Å²) in [7, 11) is 0. The normalized spacial score (nSPS) is 10.7. The van der Waals surface area contributed by atoms with E-state index in [0.717, 1.165) is 21.1 Å². The van der Waals surface area contributed by atoms with E-state index in [4.69, 9.17) is 4.42 Å². The van der Waals surface area contributed by atoms with Crippen LogP contribution in [-0.4, -0.2) is 5.91 Å². The smallest absolute Gasteiger partial charge is 0.291 e. The number of fused-ring (bicyclic) bond motifs is 1. The van der Waals surface area contributed by atoms with Crippen LogP contribution in [0.4, 0.5) is 5.69 Å². The van der Waals surface area contributed by atoms with Gasteiger partial charge < -0.3 is 9.73 Å². The van der Waals surface area contributed by atoms with Crippen LogP contribution >= 0.6 is 15.9 Å². The summed E-state index contributed by atoms with van der Waals surface area (Å²) < 4.78 is 6.52. The Morgan fingerprint density at radius 1 is 1.15 bits per heavy atom. The van der Waals surface area contributed by atoms with Gasteiger partial charge in [-0.2, -0.15) is 0 Å². The predicted molar refractivity (Wildman–Crippen MR) is 83.0 cm³/mol. The maximum absolute atomic E-state index is 12.2. The number of carbonyl (C=O) groups is 1. The Morgan fingerprint density at radius 3 is 2.75 bits per heavy atom. The molecule has 1 heterocycles. The van der Waals surface area contributed by atoms with E-state index in [-0.39, 0.29) is 5.91 Å². The third-order valence-electron chi connectivity index (χ3n) is 3.10. The number of rotatable bonds is 2. The van der Waals surface area contributed by atoms with Crippen LogP contribution in [0.25, 0.3) is 11.0 Å². The molecule has 0 aliphatic rings. The molecule has 3 nitrogen and oxygen atoms in total. The van der Waals surface area contributed by atoms with Gasteiger partial charge in [0.05, 0.1) is 0 Å². The van der Waals surface area contributed by atoms with Crippen molar-refractivity contribution < 1.29 is 9.21 Å². The molecule has 2 aromatic carbocycles. The van der Waals surface area contributed by atoms with Crippen molar-refractivity contribution in [3.63, 3.8) is 0 Å². The maximum atomic E-state index is 12.2. The van der Waals surface area contributed by atoms with E-state index < -0.39 is 0 Å². The largest absolute Gasteiger partial charge is 0.451 e. The fourth-order valence-corrected chi connectivity index (χ4v) is 2.40. The number of furan rings is 1. The SMILES string of the molecule is Cc1ccccc1NC(=O)c1cc2cc(Br)ccc2o1. The molecule has 0 saturated heterocycles. The topological polar surface area (TPSA) is 42.2 Å². The zero-order valence-corrected chi connectivity index (χ0v) is 12.4. The molecule has 0 fully saturated rings. The zero-order valence-electron chi connectivity index (χ0n) is 10.8. The average Bonchev–Trinajstić information content (AvgIpc) is 2.84. The first-order chi connectivity index (χ1) is 9.63. The molecule has 20 heavy (non-hydrogen) atoms. The summed E-state index contributed by atoms with van der Waals surface area (Å²) in [5.74, 6) is 0.0629. The highest BCUT2D eigenvalue weighted by Crippen LogP contribution is 2.24. The van der Waals surface area contributed by atoms with Crippen molar-refractivity contribution in [1.82, 2.24) is 0 Å². The van der Waals surface area contributed by atoms with E-state index in [9.17, 15) is 4.79 Å². The summed E-state index contributed by atoms with van der Waals surface area (Å²) in [5.41, 5.74) is 2.50. The molecule has 3 rings (SSSR count). The number of anilines is 1. The van der Waals surface area contributed by atoms with Crippen LogP contribution < -0.4 is 5.32 Å². The number of hydrogen-bond donors (Lipinski definition) is 1. The standard InChI is InChI=1S/C16H12BrNO2/c1-10-4-2-3-5-13(10)18-16(19)15-9-11-8-12(17)6-7-14(11)20-15/h2-9H,1H3,(H,18,19). The van der Waals surface area contributed by atoms with E-state index in [1.807, 2.05) is 49.4 Å². The first-order valence-corrected chi connectivity index (χ1v) is 6.99. The summed E-state index contributed by atoms with van der Waals surface area (Å²) in [5, 5.41) is 3.76. The van der Waals surface area contributed by atoms with E-state index in [2.05, 4.69) is 21.2 Å². The van der Waals surface area contributed by atoms with Crippen molar-refractivity contribution in [3.05, 3.63) is 64.3 Å². The van der Waals surface area contributed by atoms with Gasteiger partial charge in [-0.1, -0.05) is 34.1 Å². The molecule has 1 aromatic heterocycles. The molecular formula is C16H12BrNO2. The van der Waals surface area contributed by atoms with Crippen LogP contribution in [-0.2, 0) is 0 Å². The lowest BCUT2D eigenvalue weighted by Crippen LogP contribution is -2.11. The summed E-state index contributed by atoms with van der Waals surface area (Å²) in [6.07, 6.45) is 0. The third-order valence-corrected chi connectivity index (χ3v) is 3.59. The Bertz CT molecular complexity index is 792. The van der Waals surface area contributed by atoms with Crippen LogP contribution in [0.1, 0.15) is 16.1 Å². The highest BCUT2D eigenvalue weighted by molar-refractivity contribution is 9.10. The second-order valence-electron chi connectivity index (χ2n) is 4.56. The zero-order chi connectivity index (χ0) is 14.1. The third kappa shape index (κ3) is 2.47. The average molecular weight is 330 g/mol. The lowest BCUT2D eigenvalue weighted by atomic mass is 10.2. The second-order valence-corrected chi connectivity index (χ2v) is 5.48. The van der Waals surface area contributed by atoms with Crippen molar-refractivity contribution in [2.45, 2.75) is 6.92 Å². The molecule has 0 spiro atoms. The van der Waals surface area contributed by atoms with Crippen LogP contribution in [0.3, 0.4) is 0 Å². The number of halogens is 1. The molecule has 100 valence electrons. The summed E-state index contributed by atoms with van der Waals surface area (Å²) in [4.78, 5) is 12.2. The van der Waals surface area contributed by atoms with Crippen molar-refractivity contribution >= 4 is 38.5 Å². The fourth-order valence-electron chi connectivity index (χ4n) is 2.02. The summed E-state index contributed by atoms with van der Waals surface area (Å²) >= 11 is 3.40. The van der Waals surface area contributed by atoms with Crippen molar-refractivity contribution in [2.75, 3.05) is 5.32 Å². The highest BCUT2D eigenvalue weighted by atomic mass is 79.9. The van der Waals surface area contributed by atoms with Gasteiger partial charge in [-0.3, -0.25) is 4.79 Å². The minimum absolute atomic E-state index is 0.244. The first-order valence-electron chi connectivity index (χ1n) is 6.19. The Hall–Kier alpha value is -2.07. The van der Waals surface area contributed by atoms with E-state index >= 15 is 0 Å². The summed E-state index contributed by atoms with van der Waals surface area (Å²) in [6.45, 7) is 1.95. The van der Waals surface area contributed by atoms with Gasteiger partial charge in [-0.05, 0) is 42.8 Å². The molecular weight excluding hydrogens is 318 g/mol. The van der Waals surface area contributed by atoms with Gasteiger partial charge in [0.1, 0.15) is 5.58 Å². The van der Waals surface area contributed by atoms with Gasteiger partial charge in [0.2, 0.25) is 0 Å². The monoisotopic (exact) mass is 329 g/mol. The Morgan fingerprint density at radius 2 is 1.95 bits per heavy atom. The molecule has 0 radical (unpaired) electrons. The first kappa shape index (κ1) is 12.9. The fraction of sp³-hybridized carbons (Fsp3) is 0.0625. The quantitative estimate of drug-likeness (QED) is 0.736. The maximum Gasteiger partial charge on any atom is 0.291 e. The van der Waals surface area contributed by atoms with Crippen molar-refractivity contribution in [1.29, 1.82) is 0 Å². The van der Waals surface area contributed by atoms with Crippen LogP contribution in [0.15, 0.2) is 57.4 Å². The van der Waals surface area contributed by atoms with E-state index in [0.29, 0.717) is 11.3 Å². The molecule has 0 bridgehead atoms. The van der Waals surface area contributed by atoms with Gasteiger partial charge in [0, 0.05) is 15.5 Å². The minimum atomic E-state index is -0.244. The Labute approximate surface area is 124 Å². The Balaban J connectivity index is 1.91. The molecule has 1 N–H and O–H groups in total. The van der Waals surface area contributed by atoms with Gasteiger partial charge >= 0.3 is 0 Å². The molecule has 4 heteroatoms. The molecule has 3 aromatic rings. The molecule has 0 aliphatic heterocycles. The molecule has 0 aliphatic carbocycles. The van der Waals surface area contributed by atoms with Gasteiger partial charge in [-0.15, -0.1) is 0 Å². The number of para-hydroxylation sites is 1. The van der Waals surface area contributed by atoms with Crippen molar-refractivity contribution in [3.8, 4) is 0 Å². The predicted octanol–water partition coefficient (Wildman–Crippen LogP) is 4.76. The van der Waals surface area contributed by atoms with Gasteiger partial charge in [0.25, 0.3) is 5.91 Å². The molecule has 1 amide bonds. The van der Waals surface area contributed by atoms with Gasteiger partial charge in [-0.25, -0.2) is 0 Å². The van der Waals surface area contributed by atoms with Crippen molar-refractivity contribution in [2.24, 2.45) is 0 Å². The van der Waals surface area contributed by atoms with E-state index in [1.165, 1.54) is 0 Å². The lowest BCUT2D eigenvalue weighted by molar-refractivity contribution is 0.0998. The number of hydrogen-bond acceptors (Lipinski definition) is 2. The van der Waals surface area contributed by atoms with Crippen LogP contribution in [0.5, 0.6) is 0 Å².